The molecule has 0 aliphatic carbocycles. The molecule has 25 heavy (non-hydrogen) atoms. The van der Waals surface area contributed by atoms with Crippen molar-refractivity contribution in [1.82, 2.24) is 10.5 Å². The lowest BCUT2D eigenvalue weighted by Gasteiger charge is -2.02. The maximum absolute atomic E-state index is 12.1. The van der Waals surface area contributed by atoms with Gasteiger partial charge in [0.05, 0.1) is 11.5 Å². The largest absolute Gasteiger partial charge is 0.288 e. The van der Waals surface area contributed by atoms with E-state index in [0.717, 1.165) is 16.1 Å². The fourth-order valence-corrected chi connectivity index (χ4v) is 3.02. The van der Waals surface area contributed by atoms with Gasteiger partial charge in [-0.3, -0.25) is 15.1 Å². The third-order valence-corrected chi connectivity index (χ3v) is 4.62. The molecule has 0 saturated heterocycles. The van der Waals surface area contributed by atoms with Crippen molar-refractivity contribution in [2.45, 2.75) is 6.61 Å². The van der Waals surface area contributed by atoms with E-state index in [1.165, 1.54) is 23.6 Å². The molecule has 0 aliphatic rings. The molecular formula is C19H15ClN2O2S. The van der Waals surface area contributed by atoms with Crippen LogP contribution in [0.2, 0.25) is 5.02 Å². The van der Waals surface area contributed by atoms with Crippen molar-refractivity contribution in [3.05, 3.63) is 88.5 Å². The van der Waals surface area contributed by atoms with Crippen LogP contribution in [0.4, 0.5) is 0 Å². The summed E-state index contributed by atoms with van der Waals surface area (Å²) >= 11 is 7.18. The Morgan fingerprint density at radius 2 is 1.92 bits per heavy atom. The molecule has 2 aromatic carbocycles. The Morgan fingerprint density at radius 3 is 2.68 bits per heavy atom. The van der Waals surface area contributed by atoms with E-state index in [2.05, 4.69) is 10.5 Å². The third kappa shape index (κ3) is 5.00. The van der Waals surface area contributed by atoms with Crippen LogP contribution in [0.3, 0.4) is 0 Å². The fourth-order valence-electron chi connectivity index (χ4n) is 2.05. The van der Waals surface area contributed by atoms with E-state index in [1.54, 1.807) is 18.3 Å². The van der Waals surface area contributed by atoms with Gasteiger partial charge in [0.2, 0.25) is 0 Å². The molecule has 0 amide bonds. The molecule has 3 rings (SSSR count). The Bertz CT molecular complexity index is 861. The number of nitrogens with one attached hydrogen (secondary N) is 1. The molecule has 1 aromatic heterocycles. The SMILES string of the molecule is O=C(C=CNOCc1ccc(Cl)cc1)c1cnc(-c2ccccc2)s1. The smallest absolute Gasteiger partial charge is 0.198 e. The van der Waals surface area contributed by atoms with Crippen molar-refractivity contribution in [3.63, 3.8) is 0 Å². The quantitative estimate of drug-likeness (QED) is 0.278. The van der Waals surface area contributed by atoms with Crippen LogP contribution in [-0.2, 0) is 11.4 Å². The highest BCUT2D eigenvalue weighted by Gasteiger charge is 2.08. The highest BCUT2D eigenvalue weighted by atomic mass is 35.5. The molecule has 0 atom stereocenters. The summed E-state index contributed by atoms with van der Waals surface area (Å²) in [6, 6.07) is 17.1. The Kier molecular flexibility index (Phi) is 5.95. The fraction of sp³-hybridized carbons (Fsp3) is 0.0526. The Morgan fingerprint density at radius 1 is 1.16 bits per heavy atom. The highest BCUT2D eigenvalue weighted by molar-refractivity contribution is 7.17. The average Bonchev–Trinajstić information content (AvgIpc) is 3.14. The number of benzene rings is 2. The second-order valence-electron chi connectivity index (χ2n) is 5.13. The molecule has 0 saturated carbocycles. The average molecular weight is 371 g/mol. The molecule has 1 heterocycles. The predicted molar refractivity (Wildman–Crippen MR) is 100 cm³/mol. The van der Waals surface area contributed by atoms with E-state index >= 15 is 0 Å². The maximum Gasteiger partial charge on any atom is 0.198 e. The van der Waals surface area contributed by atoms with Crippen molar-refractivity contribution in [2.75, 3.05) is 0 Å². The number of allylic oxidation sites excluding steroid dienone is 1. The summed E-state index contributed by atoms with van der Waals surface area (Å²) in [6.45, 7) is 0.369. The van der Waals surface area contributed by atoms with Gasteiger partial charge in [0, 0.05) is 29.1 Å². The monoisotopic (exact) mass is 370 g/mol. The van der Waals surface area contributed by atoms with Gasteiger partial charge in [-0.25, -0.2) is 4.98 Å². The predicted octanol–water partition coefficient (Wildman–Crippen LogP) is 4.88. The molecule has 0 unspecified atom stereocenters. The number of rotatable bonds is 7. The maximum atomic E-state index is 12.1. The number of carbonyl (C=O) groups is 1. The van der Waals surface area contributed by atoms with Crippen LogP contribution in [-0.4, -0.2) is 10.8 Å². The number of nitrogens with zero attached hydrogens (tertiary/aromatic N) is 1. The second-order valence-corrected chi connectivity index (χ2v) is 6.59. The van der Waals surface area contributed by atoms with Crippen molar-refractivity contribution < 1.29 is 9.63 Å². The van der Waals surface area contributed by atoms with E-state index < -0.39 is 0 Å². The highest BCUT2D eigenvalue weighted by Crippen LogP contribution is 2.25. The number of ketones is 1. The zero-order chi connectivity index (χ0) is 17.5. The number of hydroxylamine groups is 1. The first-order chi connectivity index (χ1) is 12.2. The van der Waals surface area contributed by atoms with Gasteiger partial charge >= 0.3 is 0 Å². The number of thiazole rings is 1. The first-order valence-corrected chi connectivity index (χ1v) is 8.76. The van der Waals surface area contributed by atoms with Crippen LogP contribution in [0.15, 0.2) is 73.1 Å². The van der Waals surface area contributed by atoms with Crippen LogP contribution < -0.4 is 5.48 Å². The van der Waals surface area contributed by atoms with Crippen molar-refractivity contribution in [1.29, 1.82) is 0 Å². The second kappa shape index (κ2) is 8.58. The minimum absolute atomic E-state index is 0.123. The van der Waals surface area contributed by atoms with Crippen LogP contribution in [0.25, 0.3) is 10.6 Å². The molecule has 0 bridgehead atoms. The molecule has 3 aromatic rings. The topological polar surface area (TPSA) is 51.2 Å². The van der Waals surface area contributed by atoms with Gasteiger partial charge in [-0.05, 0) is 17.7 Å². The zero-order valence-corrected chi connectivity index (χ0v) is 14.8. The summed E-state index contributed by atoms with van der Waals surface area (Å²) in [5, 5.41) is 1.51. The van der Waals surface area contributed by atoms with Crippen LogP contribution in [0, 0.1) is 0 Å². The molecule has 1 N–H and O–H groups in total. The molecule has 4 nitrogen and oxygen atoms in total. The summed E-state index contributed by atoms with van der Waals surface area (Å²) in [5.74, 6) is -0.123. The lowest BCUT2D eigenvalue weighted by atomic mass is 10.2. The van der Waals surface area contributed by atoms with Crippen molar-refractivity contribution in [2.24, 2.45) is 0 Å². The summed E-state index contributed by atoms with van der Waals surface area (Å²) in [6.07, 6.45) is 4.48. The lowest BCUT2D eigenvalue weighted by Crippen LogP contribution is -2.07. The van der Waals surface area contributed by atoms with Gasteiger partial charge in [0.25, 0.3) is 0 Å². The number of hydrogen-bond donors (Lipinski definition) is 1. The van der Waals surface area contributed by atoms with E-state index in [-0.39, 0.29) is 5.78 Å². The first-order valence-electron chi connectivity index (χ1n) is 7.56. The first kappa shape index (κ1) is 17.4. The molecule has 0 spiro atoms. The van der Waals surface area contributed by atoms with Crippen LogP contribution in [0.1, 0.15) is 15.2 Å². The van der Waals surface area contributed by atoms with Crippen molar-refractivity contribution >= 4 is 28.7 Å². The van der Waals surface area contributed by atoms with Gasteiger partial charge in [-0.2, -0.15) is 0 Å². The summed E-state index contributed by atoms with van der Waals surface area (Å²) in [5.41, 5.74) is 4.62. The number of carbonyl (C=O) groups excluding carboxylic acids is 1. The van der Waals surface area contributed by atoms with Crippen LogP contribution in [0.5, 0.6) is 0 Å². The molecule has 126 valence electrons. The van der Waals surface area contributed by atoms with Gasteiger partial charge in [0.1, 0.15) is 5.01 Å². The molecule has 0 aliphatic heterocycles. The standard InChI is InChI=1S/C19H15ClN2O2S/c20-16-8-6-14(7-9-16)13-24-22-11-10-17(23)18-12-21-19(25-18)15-4-2-1-3-5-15/h1-12,22H,13H2. The van der Waals surface area contributed by atoms with E-state index in [9.17, 15) is 4.79 Å². The van der Waals surface area contributed by atoms with Gasteiger partial charge in [-0.15, -0.1) is 11.3 Å². The Labute approximate surface area is 154 Å². The molecule has 0 fully saturated rings. The Balaban J connectivity index is 1.49. The zero-order valence-electron chi connectivity index (χ0n) is 13.2. The minimum Gasteiger partial charge on any atom is -0.288 e. The number of aromatic nitrogens is 1. The third-order valence-electron chi connectivity index (χ3n) is 3.31. The van der Waals surface area contributed by atoms with Gasteiger partial charge in [-0.1, -0.05) is 54.1 Å². The van der Waals surface area contributed by atoms with Gasteiger partial charge < -0.3 is 0 Å². The Hall–Kier alpha value is -2.47. The summed E-state index contributed by atoms with van der Waals surface area (Å²) in [4.78, 5) is 22.3. The van der Waals surface area contributed by atoms with Crippen molar-refractivity contribution in [3.8, 4) is 10.6 Å². The van der Waals surface area contributed by atoms with Gasteiger partial charge in [0.15, 0.2) is 5.78 Å². The molecule has 0 radical (unpaired) electrons. The number of halogens is 1. The summed E-state index contributed by atoms with van der Waals surface area (Å²) < 4.78 is 0. The van der Waals surface area contributed by atoms with E-state index in [1.807, 2.05) is 42.5 Å². The minimum atomic E-state index is -0.123. The summed E-state index contributed by atoms with van der Waals surface area (Å²) in [7, 11) is 0. The normalized spacial score (nSPS) is 10.9. The van der Waals surface area contributed by atoms with Crippen LogP contribution >= 0.6 is 22.9 Å². The lowest BCUT2D eigenvalue weighted by molar-refractivity contribution is 0.0572. The van der Waals surface area contributed by atoms with E-state index in [0.29, 0.717) is 16.5 Å². The molecular weight excluding hydrogens is 356 g/mol. The molecule has 6 heteroatoms. The van der Waals surface area contributed by atoms with E-state index in [4.69, 9.17) is 16.4 Å². The number of hydrogen-bond acceptors (Lipinski definition) is 5.